The van der Waals surface area contributed by atoms with Gasteiger partial charge >= 0.3 is 0 Å². The molecule has 4 heteroatoms. The predicted octanol–water partition coefficient (Wildman–Crippen LogP) is -0.108. The molecule has 13 heavy (non-hydrogen) atoms. The number of rotatable bonds is 5. The second kappa shape index (κ2) is 5.19. The van der Waals surface area contributed by atoms with Gasteiger partial charge < -0.3 is 15.5 Å². The van der Waals surface area contributed by atoms with Crippen molar-refractivity contribution < 1.29 is 15.0 Å². The summed E-state index contributed by atoms with van der Waals surface area (Å²) in [6.07, 6.45) is -0.318. The van der Waals surface area contributed by atoms with Crippen LogP contribution in [-0.4, -0.2) is 35.4 Å². The van der Waals surface area contributed by atoms with Gasteiger partial charge in [-0.05, 0) is 6.42 Å². The summed E-state index contributed by atoms with van der Waals surface area (Å²) in [5.41, 5.74) is -0.780. The number of hydrogen-bond acceptors (Lipinski definition) is 3. The summed E-state index contributed by atoms with van der Waals surface area (Å²) < 4.78 is 0. The van der Waals surface area contributed by atoms with Crippen LogP contribution in [0.4, 0.5) is 0 Å². The van der Waals surface area contributed by atoms with Crippen molar-refractivity contribution >= 4 is 5.91 Å². The zero-order chi connectivity index (χ0) is 10.5. The summed E-state index contributed by atoms with van der Waals surface area (Å²) in [5.74, 6) is -0.416. The van der Waals surface area contributed by atoms with E-state index in [1.54, 1.807) is 13.8 Å². The highest BCUT2D eigenvalue weighted by Gasteiger charge is 2.32. The van der Waals surface area contributed by atoms with Gasteiger partial charge in [-0.1, -0.05) is 20.8 Å². The van der Waals surface area contributed by atoms with Gasteiger partial charge in [-0.25, -0.2) is 0 Å². The fraction of sp³-hybridized carbons (Fsp3) is 0.889. The first-order valence-corrected chi connectivity index (χ1v) is 4.52. The van der Waals surface area contributed by atoms with Gasteiger partial charge in [0.25, 0.3) is 0 Å². The minimum Gasteiger partial charge on any atom is -0.396 e. The number of nitrogens with one attached hydrogen (secondary N) is 1. The Balaban J connectivity index is 4.09. The quantitative estimate of drug-likeness (QED) is 0.565. The summed E-state index contributed by atoms with van der Waals surface area (Å²) in [7, 11) is 0. The van der Waals surface area contributed by atoms with Gasteiger partial charge in [0.15, 0.2) is 0 Å². The molecule has 4 nitrogen and oxygen atoms in total. The molecule has 3 N–H and O–H groups in total. The second-order valence-corrected chi connectivity index (χ2v) is 3.84. The molecular formula is C9H19NO3. The van der Waals surface area contributed by atoms with E-state index in [1.807, 2.05) is 6.92 Å². The average Bonchev–Trinajstić information content (AvgIpc) is 2.12. The Bertz CT molecular complexity index is 168. The van der Waals surface area contributed by atoms with E-state index in [2.05, 4.69) is 5.32 Å². The van der Waals surface area contributed by atoms with Crippen LogP contribution in [0.5, 0.6) is 0 Å². The topological polar surface area (TPSA) is 69.6 Å². The predicted molar refractivity (Wildman–Crippen MR) is 50.2 cm³/mol. The third-order valence-electron chi connectivity index (χ3n) is 1.95. The largest absolute Gasteiger partial charge is 0.396 e. The molecule has 0 bridgehead atoms. The normalized spacial score (nSPS) is 13.9. The smallest absolute Gasteiger partial charge is 0.249 e. The van der Waals surface area contributed by atoms with Crippen LogP contribution in [0.15, 0.2) is 0 Å². The highest BCUT2D eigenvalue weighted by molar-refractivity contribution is 5.81. The Morgan fingerprint density at radius 3 is 2.46 bits per heavy atom. The monoisotopic (exact) mass is 189 g/mol. The molecule has 0 spiro atoms. The van der Waals surface area contributed by atoms with Crippen molar-refractivity contribution in [1.29, 1.82) is 0 Å². The van der Waals surface area contributed by atoms with E-state index >= 15 is 0 Å². The number of hydrogen-bond donors (Lipinski definition) is 3. The highest BCUT2D eigenvalue weighted by Crippen LogP contribution is 2.19. The van der Waals surface area contributed by atoms with Gasteiger partial charge in [-0.2, -0.15) is 0 Å². The average molecular weight is 189 g/mol. The van der Waals surface area contributed by atoms with Crippen molar-refractivity contribution in [3.63, 3.8) is 0 Å². The number of carbonyl (C=O) groups excluding carboxylic acids is 1. The molecule has 0 aromatic rings. The van der Waals surface area contributed by atoms with Gasteiger partial charge in [-0.15, -0.1) is 0 Å². The molecule has 1 atom stereocenters. The zero-order valence-corrected chi connectivity index (χ0v) is 8.50. The number of aliphatic hydroxyl groups excluding tert-OH is 2. The maximum absolute atomic E-state index is 11.2. The van der Waals surface area contributed by atoms with Gasteiger partial charge in [0.1, 0.15) is 6.10 Å². The number of aliphatic hydroxyl groups is 2. The van der Waals surface area contributed by atoms with E-state index in [4.69, 9.17) is 5.11 Å². The van der Waals surface area contributed by atoms with Crippen molar-refractivity contribution in [1.82, 2.24) is 5.32 Å². The van der Waals surface area contributed by atoms with Gasteiger partial charge in [0.05, 0.1) is 6.61 Å². The van der Waals surface area contributed by atoms with Crippen molar-refractivity contribution in [2.45, 2.75) is 33.3 Å². The van der Waals surface area contributed by atoms with Crippen molar-refractivity contribution in [2.75, 3.05) is 13.2 Å². The first-order valence-electron chi connectivity index (χ1n) is 4.52. The van der Waals surface area contributed by atoms with Crippen LogP contribution >= 0.6 is 0 Å². The molecule has 78 valence electrons. The van der Waals surface area contributed by atoms with Crippen LogP contribution in [0.25, 0.3) is 0 Å². The lowest BCUT2D eigenvalue weighted by atomic mass is 9.87. The van der Waals surface area contributed by atoms with Crippen molar-refractivity contribution in [3.8, 4) is 0 Å². The summed E-state index contributed by atoms with van der Waals surface area (Å²) >= 11 is 0. The summed E-state index contributed by atoms with van der Waals surface area (Å²) in [6, 6.07) is 0. The summed E-state index contributed by atoms with van der Waals surface area (Å²) in [4.78, 5) is 11.2. The molecule has 0 heterocycles. The molecule has 0 radical (unpaired) electrons. The molecule has 1 unspecified atom stereocenters. The Hall–Kier alpha value is -0.610. The first-order chi connectivity index (χ1) is 5.95. The van der Waals surface area contributed by atoms with Crippen LogP contribution in [0.2, 0.25) is 0 Å². The van der Waals surface area contributed by atoms with Gasteiger partial charge in [-0.3, -0.25) is 4.79 Å². The minimum absolute atomic E-state index is 0.215. The van der Waals surface area contributed by atoms with E-state index in [-0.39, 0.29) is 6.61 Å². The fourth-order valence-electron chi connectivity index (χ4n) is 0.786. The van der Waals surface area contributed by atoms with E-state index in [1.165, 1.54) is 0 Å². The highest BCUT2D eigenvalue weighted by atomic mass is 16.3. The lowest BCUT2D eigenvalue weighted by molar-refractivity contribution is -0.137. The molecule has 1 amide bonds. The van der Waals surface area contributed by atoms with Gasteiger partial charge in [0.2, 0.25) is 5.91 Å². The molecule has 0 saturated heterocycles. The first kappa shape index (κ1) is 12.4. The lowest BCUT2D eigenvalue weighted by Gasteiger charge is -2.26. The molecule has 0 rings (SSSR count). The Labute approximate surface area is 79.0 Å². The lowest BCUT2D eigenvalue weighted by Crippen LogP contribution is -2.45. The zero-order valence-electron chi connectivity index (χ0n) is 8.50. The standard InChI is InChI=1S/C9H19NO3/c1-4-5-10-8(13)7(12)9(2,3)6-11/h7,11-12H,4-6H2,1-3H3,(H,10,13). The van der Waals surface area contributed by atoms with Crippen LogP contribution in [0, 0.1) is 5.41 Å². The van der Waals surface area contributed by atoms with E-state index < -0.39 is 17.4 Å². The van der Waals surface area contributed by atoms with E-state index in [0.717, 1.165) is 6.42 Å². The summed E-state index contributed by atoms with van der Waals surface area (Å²) in [5, 5.41) is 21.0. The Morgan fingerprint density at radius 1 is 1.54 bits per heavy atom. The molecule has 0 saturated carbocycles. The second-order valence-electron chi connectivity index (χ2n) is 3.84. The molecular weight excluding hydrogens is 170 g/mol. The van der Waals surface area contributed by atoms with Gasteiger partial charge in [0, 0.05) is 12.0 Å². The summed E-state index contributed by atoms with van der Waals surface area (Å²) in [6.45, 7) is 5.56. The number of amides is 1. The Morgan fingerprint density at radius 2 is 2.08 bits per heavy atom. The third-order valence-corrected chi connectivity index (χ3v) is 1.95. The SMILES string of the molecule is CCCNC(=O)C(O)C(C)(C)CO. The van der Waals surface area contributed by atoms with Crippen molar-refractivity contribution in [3.05, 3.63) is 0 Å². The van der Waals surface area contributed by atoms with E-state index in [9.17, 15) is 9.90 Å². The van der Waals surface area contributed by atoms with Crippen LogP contribution < -0.4 is 5.32 Å². The molecule has 0 fully saturated rings. The fourth-order valence-corrected chi connectivity index (χ4v) is 0.786. The van der Waals surface area contributed by atoms with Crippen molar-refractivity contribution in [2.24, 2.45) is 5.41 Å². The van der Waals surface area contributed by atoms with Crippen LogP contribution in [-0.2, 0) is 4.79 Å². The minimum atomic E-state index is -1.15. The van der Waals surface area contributed by atoms with Crippen LogP contribution in [0.3, 0.4) is 0 Å². The Kier molecular flexibility index (Phi) is 4.95. The van der Waals surface area contributed by atoms with E-state index in [0.29, 0.717) is 6.54 Å². The molecule has 0 aliphatic rings. The maximum atomic E-state index is 11.2. The molecule has 0 aliphatic carbocycles. The molecule has 0 aromatic heterocycles. The maximum Gasteiger partial charge on any atom is 0.249 e. The molecule has 0 aliphatic heterocycles. The third kappa shape index (κ3) is 3.74. The van der Waals surface area contributed by atoms with Crippen LogP contribution in [0.1, 0.15) is 27.2 Å². The molecule has 0 aromatic carbocycles. The number of carbonyl (C=O) groups is 1.